The normalized spacial score (nSPS) is 13.6. The van der Waals surface area contributed by atoms with E-state index in [1.54, 1.807) is 18.2 Å². The van der Waals surface area contributed by atoms with Gasteiger partial charge in [-0.2, -0.15) is 0 Å². The zero-order valence-corrected chi connectivity index (χ0v) is 8.10. The molecule has 0 bridgehead atoms. The Bertz CT molecular complexity index is 415. The van der Waals surface area contributed by atoms with Gasteiger partial charge < -0.3 is 5.32 Å². The lowest BCUT2D eigenvalue weighted by Gasteiger charge is -2.01. The van der Waals surface area contributed by atoms with Crippen LogP contribution >= 0.6 is 11.6 Å². The van der Waals surface area contributed by atoms with Gasteiger partial charge in [0, 0.05) is 11.3 Å². The Labute approximate surface area is 86.1 Å². The molecule has 72 valence electrons. The molecular formula is C10H8ClNO2. The fourth-order valence-electron chi connectivity index (χ4n) is 1.46. The van der Waals surface area contributed by atoms with E-state index in [1.807, 2.05) is 0 Å². The predicted molar refractivity (Wildman–Crippen MR) is 53.8 cm³/mol. The van der Waals surface area contributed by atoms with Crippen LogP contribution < -0.4 is 5.32 Å². The summed E-state index contributed by atoms with van der Waals surface area (Å²) in [6, 6.07) is 5.15. The Morgan fingerprint density at radius 1 is 1.50 bits per heavy atom. The molecule has 1 aliphatic heterocycles. The van der Waals surface area contributed by atoms with Gasteiger partial charge in [-0.15, -0.1) is 11.6 Å². The summed E-state index contributed by atoms with van der Waals surface area (Å²) < 4.78 is 0. The van der Waals surface area contributed by atoms with E-state index in [0.717, 1.165) is 11.3 Å². The molecule has 1 aromatic carbocycles. The molecule has 0 aromatic heterocycles. The average molecular weight is 210 g/mol. The summed E-state index contributed by atoms with van der Waals surface area (Å²) >= 11 is 5.43. The minimum absolute atomic E-state index is 0.0320. The van der Waals surface area contributed by atoms with Gasteiger partial charge in [0.25, 0.3) is 0 Å². The first-order valence-corrected chi connectivity index (χ1v) is 4.76. The Hall–Kier alpha value is -1.35. The molecule has 0 saturated carbocycles. The molecule has 2 rings (SSSR count). The van der Waals surface area contributed by atoms with Crippen LogP contribution in [0.3, 0.4) is 0 Å². The monoisotopic (exact) mass is 209 g/mol. The van der Waals surface area contributed by atoms with Gasteiger partial charge in [0.2, 0.25) is 5.91 Å². The molecule has 1 heterocycles. The molecule has 3 nitrogen and oxygen atoms in total. The van der Waals surface area contributed by atoms with Gasteiger partial charge in [-0.05, 0) is 11.6 Å². The maximum absolute atomic E-state index is 11.3. The topological polar surface area (TPSA) is 46.2 Å². The average Bonchev–Trinajstić information content (AvgIpc) is 2.55. The molecule has 4 heteroatoms. The number of hydrogen-bond acceptors (Lipinski definition) is 2. The number of alkyl halides is 1. The Morgan fingerprint density at radius 2 is 2.29 bits per heavy atom. The number of rotatable bonds is 2. The molecule has 0 radical (unpaired) electrons. The molecule has 0 atom stereocenters. The highest BCUT2D eigenvalue weighted by molar-refractivity contribution is 6.30. The highest BCUT2D eigenvalue weighted by Gasteiger charge is 2.18. The van der Waals surface area contributed by atoms with Crippen molar-refractivity contribution >= 4 is 29.0 Å². The van der Waals surface area contributed by atoms with E-state index in [1.165, 1.54) is 0 Å². The molecule has 0 aliphatic carbocycles. The van der Waals surface area contributed by atoms with Crippen molar-refractivity contribution in [3.63, 3.8) is 0 Å². The smallest absolute Gasteiger partial charge is 0.228 e. The number of halogens is 1. The van der Waals surface area contributed by atoms with Crippen molar-refractivity contribution in [2.24, 2.45) is 0 Å². The number of amides is 1. The standard InChI is InChI=1S/C10H8ClNO2/c11-5-9(13)7-2-1-6-4-10(14)12-8(6)3-7/h1-3H,4-5H2,(H,12,14). The van der Waals surface area contributed by atoms with Crippen molar-refractivity contribution in [2.45, 2.75) is 6.42 Å². The maximum atomic E-state index is 11.3. The molecule has 0 unspecified atom stereocenters. The molecule has 0 fully saturated rings. The molecule has 1 aliphatic rings. The number of carbonyl (C=O) groups is 2. The highest BCUT2D eigenvalue weighted by atomic mass is 35.5. The van der Waals surface area contributed by atoms with Crippen LogP contribution in [0.4, 0.5) is 5.69 Å². The minimum Gasteiger partial charge on any atom is -0.326 e. The van der Waals surface area contributed by atoms with Gasteiger partial charge in [-0.1, -0.05) is 12.1 Å². The molecule has 1 amide bonds. The molecule has 14 heavy (non-hydrogen) atoms. The minimum atomic E-state index is -0.129. The van der Waals surface area contributed by atoms with Crippen LogP contribution in [0.2, 0.25) is 0 Å². The van der Waals surface area contributed by atoms with E-state index in [-0.39, 0.29) is 17.6 Å². The second-order valence-electron chi connectivity index (χ2n) is 3.15. The number of ketones is 1. The van der Waals surface area contributed by atoms with Crippen LogP contribution in [0.5, 0.6) is 0 Å². The van der Waals surface area contributed by atoms with Gasteiger partial charge in [-0.3, -0.25) is 9.59 Å². The van der Waals surface area contributed by atoms with Gasteiger partial charge in [0.05, 0.1) is 12.3 Å². The first kappa shape index (κ1) is 9.21. The highest BCUT2D eigenvalue weighted by Crippen LogP contribution is 2.24. The van der Waals surface area contributed by atoms with Gasteiger partial charge >= 0.3 is 0 Å². The number of fused-ring (bicyclic) bond motifs is 1. The Morgan fingerprint density at radius 3 is 3.00 bits per heavy atom. The van der Waals surface area contributed by atoms with E-state index in [9.17, 15) is 9.59 Å². The van der Waals surface area contributed by atoms with E-state index in [0.29, 0.717) is 12.0 Å². The Kier molecular flexibility index (Phi) is 2.25. The second-order valence-corrected chi connectivity index (χ2v) is 3.42. The summed E-state index contributed by atoms with van der Waals surface area (Å²) in [6.45, 7) is 0. The van der Waals surface area contributed by atoms with Crippen molar-refractivity contribution in [3.8, 4) is 0 Å². The number of benzene rings is 1. The molecule has 1 aromatic rings. The first-order chi connectivity index (χ1) is 6.70. The maximum Gasteiger partial charge on any atom is 0.228 e. The quantitative estimate of drug-likeness (QED) is 0.594. The molecule has 0 saturated heterocycles. The van der Waals surface area contributed by atoms with Crippen LogP contribution in [0.25, 0.3) is 0 Å². The SMILES string of the molecule is O=C1Cc2ccc(C(=O)CCl)cc2N1. The number of anilines is 1. The van der Waals surface area contributed by atoms with Crippen molar-refractivity contribution in [1.29, 1.82) is 0 Å². The third kappa shape index (κ3) is 1.51. The first-order valence-electron chi connectivity index (χ1n) is 4.22. The second kappa shape index (κ2) is 3.42. The zero-order valence-electron chi connectivity index (χ0n) is 7.34. The van der Waals surface area contributed by atoms with Gasteiger partial charge in [0.15, 0.2) is 5.78 Å². The van der Waals surface area contributed by atoms with E-state index in [4.69, 9.17) is 11.6 Å². The van der Waals surface area contributed by atoms with Crippen molar-refractivity contribution in [1.82, 2.24) is 0 Å². The van der Waals surface area contributed by atoms with Gasteiger partial charge in [0.1, 0.15) is 0 Å². The van der Waals surface area contributed by atoms with Crippen LogP contribution in [0.1, 0.15) is 15.9 Å². The number of hydrogen-bond donors (Lipinski definition) is 1. The van der Waals surface area contributed by atoms with Crippen LogP contribution in [-0.2, 0) is 11.2 Å². The molecular weight excluding hydrogens is 202 g/mol. The number of nitrogens with one attached hydrogen (secondary N) is 1. The van der Waals surface area contributed by atoms with Crippen molar-refractivity contribution < 1.29 is 9.59 Å². The summed E-state index contributed by atoms with van der Waals surface area (Å²) in [5.41, 5.74) is 2.20. The largest absolute Gasteiger partial charge is 0.326 e. The zero-order chi connectivity index (χ0) is 10.1. The van der Waals surface area contributed by atoms with Crippen LogP contribution in [0.15, 0.2) is 18.2 Å². The summed E-state index contributed by atoms with van der Waals surface area (Å²) in [6.07, 6.45) is 0.394. The summed E-state index contributed by atoms with van der Waals surface area (Å²) in [4.78, 5) is 22.3. The fourth-order valence-corrected chi connectivity index (χ4v) is 1.62. The lowest BCUT2D eigenvalue weighted by molar-refractivity contribution is -0.115. The number of Topliss-reactive ketones (excluding diaryl/α,β-unsaturated/α-hetero) is 1. The van der Waals surface area contributed by atoms with Crippen molar-refractivity contribution in [2.75, 3.05) is 11.2 Å². The van der Waals surface area contributed by atoms with E-state index >= 15 is 0 Å². The summed E-state index contributed by atoms with van der Waals surface area (Å²) in [5, 5.41) is 2.68. The fraction of sp³-hybridized carbons (Fsp3) is 0.200. The number of carbonyl (C=O) groups excluding carboxylic acids is 2. The Balaban J connectivity index is 2.37. The lowest BCUT2D eigenvalue weighted by atomic mass is 10.1. The van der Waals surface area contributed by atoms with E-state index in [2.05, 4.69) is 5.32 Å². The predicted octanol–water partition coefficient (Wildman–Crippen LogP) is 1.60. The molecule has 1 N–H and O–H groups in total. The van der Waals surface area contributed by atoms with Gasteiger partial charge in [-0.25, -0.2) is 0 Å². The lowest BCUT2D eigenvalue weighted by Crippen LogP contribution is -2.04. The van der Waals surface area contributed by atoms with Crippen molar-refractivity contribution in [3.05, 3.63) is 29.3 Å². The summed E-state index contributed by atoms with van der Waals surface area (Å²) in [7, 11) is 0. The van der Waals surface area contributed by atoms with Crippen LogP contribution in [0, 0.1) is 0 Å². The summed E-state index contributed by atoms with van der Waals surface area (Å²) in [5.74, 6) is -0.196. The molecule has 0 spiro atoms. The van der Waals surface area contributed by atoms with Crippen LogP contribution in [-0.4, -0.2) is 17.6 Å². The third-order valence-electron chi connectivity index (χ3n) is 2.18. The third-order valence-corrected chi connectivity index (χ3v) is 2.42. The van der Waals surface area contributed by atoms with E-state index < -0.39 is 0 Å².